The van der Waals surface area contributed by atoms with E-state index in [9.17, 15) is 8.42 Å². The molecule has 1 heterocycles. The summed E-state index contributed by atoms with van der Waals surface area (Å²) in [6, 6.07) is 0. The summed E-state index contributed by atoms with van der Waals surface area (Å²) in [5, 5.41) is 0. The Labute approximate surface area is 107 Å². The minimum atomic E-state index is -3.56. The summed E-state index contributed by atoms with van der Waals surface area (Å²) in [4.78, 5) is 4.00. The van der Waals surface area contributed by atoms with Crippen molar-refractivity contribution in [3.63, 3.8) is 0 Å². The van der Waals surface area contributed by atoms with Crippen molar-refractivity contribution in [3.8, 4) is 5.88 Å². The molecule has 1 aromatic rings. The van der Waals surface area contributed by atoms with Crippen LogP contribution in [0.1, 0.15) is 37.3 Å². The lowest BCUT2D eigenvalue weighted by atomic mass is 10.1. The van der Waals surface area contributed by atoms with Crippen LogP contribution in [0.2, 0.25) is 0 Å². The van der Waals surface area contributed by atoms with E-state index in [0.717, 1.165) is 6.26 Å². The Morgan fingerprint density at radius 2 is 2.06 bits per heavy atom. The number of aromatic nitrogens is 1. The first-order valence-corrected chi connectivity index (χ1v) is 7.81. The van der Waals surface area contributed by atoms with Gasteiger partial charge in [-0.2, -0.15) is 13.4 Å². The van der Waals surface area contributed by atoms with Crippen LogP contribution in [0, 0.1) is 12.8 Å². The molecular weight excluding hydrogens is 254 g/mol. The van der Waals surface area contributed by atoms with Gasteiger partial charge >= 0.3 is 10.1 Å². The molecule has 0 aromatic carbocycles. The number of rotatable bonds is 4. The third-order valence-electron chi connectivity index (χ3n) is 2.91. The van der Waals surface area contributed by atoms with E-state index in [-0.39, 0.29) is 5.88 Å². The molecule has 0 atom stereocenters. The van der Waals surface area contributed by atoms with E-state index in [1.54, 1.807) is 13.0 Å². The van der Waals surface area contributed by atoms with E-state index in [0.29, 0.717) is 17.6 Å². The molecule has 100 valence electrons. The normalized spacial score (nSPS) is 17.7. The molecule has 0 saturated heterocycles. The number of hydrogen-bond acceptors (Lipinski definition) is 5. The average molecular weight is 271 g/mol. The maximum absolute atomic E-state index is 11.0. The Balaban J connectivity index is 2.08. The molecule has 1 fully saturated rings. The fourth-order valence-electron chi connectivity index (χ4n) is 2.06. The molecule has 0 unspecified atom stereocenters. The SMILES string of the molecule is Cc1oc(/C=C/C2CCCC2)nc1OS(C)(=O)=O. The summed E-state index contributed by atoms with van der Waals surface area (Å²) in [6.07, 6.45) is 9.77. The van der Waals surface area contributed by atoms with E-state index in [1.165, 1.54) is 25.7 Å². The van der Waals surface area contributed by atoms with Gasteiger partial charge in [0, 0.05) is 0 Å². The summed E-state index contributed by atoms with van der Waals surface area (Å²) >= 11 is 0. The minimum Gasteiger partial charge on any atom is -0.438 e. The minimum absolute atomic E-state index is 0.0172. The molecule has 0 N–H and O–H groups in total. The number of oxazole rings is 1. The predicted octanol–water partition coefficient (Wildman–Crippen LogP) is 2.52. The summed E-state index contributed by atoms with van der Waals surface area (Å²) in [5.74, 6) is 1.35. The Morgan fingerprint density at radius 3 is 2.67 bits per heavy atom. The highest BCUT2D eigenvalue weighted by molar-refractivity contribution is 7.86. The van der Waals surface area contributed by atoms with Gasteiger partial charge in [-0.05, 0) is 31.8 Å². The van der Waals surface area contributed by atoms with Crippen LogP contribution in [-0.4, -0.2) is 19.7 Å². The second kappa shape index (κ2) is 5.14. The first-order valence-electron chi connectivity index (χ1n) is 5.99. The quantitative estimate of drug-likeness (QED) is 0.787. The van der Waals surface area contributed by atoms with Crippen LogP contribution in [0.3, 0.4) is 0 Å². The van der Waals surface area contributed by atoms with Crippen molar-refractivity contribution in [2.24, 2.45) is 5.92 Å². The van der Waals surface area contributed by atoms with E-state index in [2.05, 4.69) is 11.1 Å². The molecule has 0 bridgehead atoms. The Kier molecular flexibility index (Phi) is 3.75. The molecule has 6 heteroatoms. The number of allylic oxidation sites excluding steroid dienone is 1. The van der Waals surface area contributed by atoms with Gasteiger partial charge in [0.05, 0.1) is 6.26 Å². The first-order chi connectivity index (χ1) is 8.44. The monoisotopic (exact) mass is 271 g/mol. The van der Waals surface area contributed by atoms with Crippen molar-refractivity contribution in [3.05, 3.63) is 17.7 Å². The lowest BCUT2D eigenvalue weighted by molar-refractivity contribution is 0.467. The van der Waals surface area contributed by atoms with Crippen LogP contribution < -0.4 is 4.18 Å². The van der Waals surface area contributed by atoms with Gasteiger partial charge in [0.25, 0.3) is 5.88 Å². The molecule has 5 nitrogen and oxygen atoms in total. The van der Waals surface area contributed by atoms with Crippen LogP contribution in [0.4, 0.5) is 0 Å². The van der Waals surface area contributed by atoms with Crippen LogP contribution in [0.15, 0.2) is 10.5 Å². The highest BCUT2D eigenvalue weighted by Gasteiger charge is 2.15. The third-order valence-corrected chi connectivity index (χ3v) is 3.37. The fourth-order valence-corrected chi connectivity index (χ4v) is 2.50. The zero-order valence-electron chi connectivity index (χ0n) is 10.5. The molecule has 1 aliphatic rings. The lowest BCUT2D eigenvalue weighted by Gasteiger charge is -1.97. The molecule has 0 spiro atoms. The second-order valence-corrected chi connectivity index (χ2v) is 6.18. The van der Waals surface area contributed by atoms with Crippen molar-refractivity contribution >= 4 is 16.2 Å². The number of aryl methyl sites for hydroxylation is 1. The first kappa shape index (κ1) is 13.1. The van der Waals surface area contributed by atoms with Gasteiger partial charge in [-0.15, -0.1) is 0 Å². The van der Waals surface area contributed by atoms with Gasteiger partial charge in [0.2, 0.25) is 5.89 Å². The second-order valence-electron chi connectivity index (χ2n) is 4.60. The Morgan fingerprint density at radius 1 is 1.39 bits per heavy atom. The molecule has 0 radical (unpaired) electrons. The molecular formula is C12H17NO4S. The zero-order valence-corrected chi connectivity index (χ0v) is 11.4. The maximum atomic E-state index is 11.0. The average Bonchev–Trinajstić information content (AvgIpc) is 2.84. The van der Waals surface area contributed by atoms with E-state index in [4.69, 9.17) is 8.60 Å². The summed E-state index contributed by atoms with van der Waals surface area (Å²) in [5.41, 5.74) is 0. The van der Waals surface area contributed by atoms with Crippen LogP contribution in [-0.2, 0) is 10.1 Å². The van der Waals surface area contributed by atoms with E-state index >= 15 is 0 Å². The standard InChI is InChI=1S/C12H17NO4S/c1-9-12(17-18(2,14)15)13-11(16-9)8-7-10-5-3-4-6-10/h7-8,10H,3-6H2,1-2H3/b8-7+. The van der Waals surface area contributed by atoms with Gasteiger partial charge in [-0.3, -0.25) is 0 Å². The van der Waals surface area contributed by atoms with Crippen molar-refractivity contribution in [1.29, 1.82) is 0 Å². The molecule has 0 aliphatic heterocycles. The van der Waals surface area contributed by atoms with Crippen molar-refractivity contribution in [1.82, 2.24) is 4.98 Å². The maximum Gasteiger partial charge on any atom is 0.307 e. The molecule has 2 rings (SSSR count). The smallest absolute Gasteiger partial charge is 0.307 e. The summed E-state index contributed by atoms with van der Waals surface area (Å²) in [6.45, 7) is 1.63. The van der Waals surface area contributed by atoms with Crippen LogP contribution in [0.25, 0.3) is 6.08 Å². The van der Waals surface area contributed by atoms with Gasteiger partial charge < -0.3 is 8.60 Å². The van der Waals surface area contributed by atoms with Crippen molar-refractivity contribution in [2.75, 3.05) is 6.26 Å². The summed E-state index contributed by atoms with van der Waals surface area (Å²) < 4.78 is 32.1. The molecule has 18 heavy (non-hydrogen) atoms. The largest absolute Gasteiger partial charge is 0.438 e. The zero-order chi connectivity index (χ0) is 13.2. The van der Waals surface area contributed by atoms with Crippen LogP contribution in [0.5, 0.6) is 5.88 Å². The molecule has 1 aromatic heterocycles. The van der Waals surface area contributed by atoms with Gasteiger partial charge in [0.15, 0.2) is 5.76 Å². The lowest BCUT2D eigenvalue weighted by Crippen LogP contribution is -2.06. The molecule has 1 saturated carbocycles. The summed E-state index contributed by atoms with van der Waals surface area (Å²) in [7, 11) is -3.56. The Hall–Kier alpha value is -1.30. The molecule has 1 aliphatic carbocycles. The van der Waals surface area contributed by atoms with Crippen LogP contribution >= 0.6 is 0 Å². The number of nitrogens with zero attached hydrogens (tertiary/aromatic N) is 1. The van der Waals surface area contributed by atoms with Crippen molar-refractivity contribution in [2.45, 2.75) is 32.6 Å². The van der Waals surface area contributed by atoms with Gasteiger partial charge in [0.1, 0.15) is 0 Å². The number of hydrogen-bond donors (Lipinski definition) is 0. The topological polar surface area (TPSA) is 69.4 Å². The highest BCUT2D eigenvalue weighted by atomic mass is 32.2. The highest BCUT2D eigenvalue weighted by Crippen LogP contribution is 2.27. The Bertz CT molecular complexity index is 538. The molecule has 0 amide bonds. The van der Waals surface area contributed by atoms with Gasteiger partial charge in [-0.1, -0.05) is 18.9 Å². The third kappa shape index (κ3) is 3.60. The fraction of sp³-hybridized carbons (Fsp3) is 0.583. The van der Waals surface area contributed by atoms with E-state index < -0.39 is 10.1 Å². The van der Waals surface area contributed by atoms with Gasteiger partial charge in [-0.25, -0.2) is 0 Å². The van der Waals surface area contributed by atoms with Crippen molar-refractivity contribution < 1.29 is 17.0 Å². The predicted molar refractivity (Wildman–Crippen MR) is 67.7 cm³/mol. The van der Waals surface area contributed by atoms with E-state index in [1.807, 2.05) is 0 Å².